The third-order valence-corrected chi connectivity index (χ3v) is 2.87. The van der Waals surface area contributed by atoms with Gasteiger partial charge in [-0.1, -0.05) is 42.5 Å². The van der Waals surface area contributed by atoms with E-state index in [2.05, 4.69) is 4.74 Å². The van der Waals surface area contributed by atoms with Crippen molar-refractivity contribution in [3.63, 3.8) is 0 Å². The number of methoxy groups -OCH3 is 1. The van der Waals surface area contributed by atoms with Crippen molar-refractivity contribution in [2.75, 3.05) is 7.11 Å². The first-order valence-corrected chi connectivity index (χ1v) is 6.19. The van der Waals surface area contributed by atoms with Crippen molar-refractivity contribution in [3.8, 4) is 5.75 Å². The molecule has 0 bridgehead atoms. The van der Waals surface area contributed by atoms with Gasteiger partial charge in [0.1, 0.15) is 24.6 Å². The van der Waals surface area contributed by atoms with Gasteiger partial charge in [0.15, 0.2) is 0 Å². The van der Waals surface area contributed by atoms with Crippen LogP contribution in [0.4, 0.5) is 4.39 Å². The Balaban J connectivity index is 2.26. The van der Waals surface area contributed by atoms with Gasteiger partial charge in [-0.3, -0.25) is 0 Å². The molecule has 2 aromatic carbocycles. The van der Waals surface area contributed by atoms with Crippen molar-refractivity contribution in [2.24, 2.45) is 0 Å². The maximum Gasteiger partial charge on any atom is 0.341 e. The van der Waals surface area contributed by atoms with E-state index in [1.807, 2.05) is 30.3 Å². The Kier molecular flexibility index (Phi) is 4.71. The highest BCUT2D eigenvalue weighted by atomic mass is 19.1. The molecule has 0 aliphatic carbocycles. The van der Waals surface area contributed by atoms with Gasteiger partial charge in [0.25, 0.3) is 0 Å². The number of rotatable bonds is 5. The number of esters is 1. The van der Waals surface area contributed by atoms with Crippen LogP contribution in [0.2, 0.25) is 0 Å². The minimum absolute atomic E-state index is 0.235. The van der Waals surface area contributed by atoms with Gasteiger partial charge in [0, 0.05) is 5.56 Å². The third-order valence-electron chi connectivity index (χ3n) is 2.87. The third kappa shape index (κ3) is 3.15. The van der Waals surface area contributed by atoms with Crippen LogP contribution in [0.25, 0.3) is 0 Å². The molecular weight excluding hydrogens is 259 g/mol. The lowest BCUT2D eigenvalue weighted by molar-refractivity contribution is 0.0595. The fraction of sp³-hybridized carbons (Fsp3) is 0.188. The summed E-state index contributed by atoms with van der Waals surface area (Å²) in [5.41, 5.74) is 1.51. The monoisotopic (exact) mass is 274 g/mol. The van der Waals surface area contributed by atoms with E-state index in [1.165, 1.54) is 7.11 Å². The van der Waals surface area contributed by atoms with Gasteiger partial charge in [0.2, 0.25) is 0 Å². The van der Waals surface area contributed by atoms with Crippen molar-refractivity contribution in [1.82, 2.24) is 0 Å². The number of carbonyl (C=O) groups excluding carboxylic acids is 1. The first kappa shape index (κ1) is 14.1. The van der Waals surface area contributed by atoms with Crippen LogP contribution < -0.4 is 4.74 Å². The topological polar surface area (TPSA) is 35.5 Å². The molecule has 0 heterocycles. The number of hydrogen-bond donors (Lipinski definition) is 0. The largest absolute Gasteiger partial charge is 0.488 e. The standard InChI is InChI=1S/C16H15FO3/c1-19-16(18)14-9-5-8-13(10-17)15(14)20-11-12-6-3-2-4-7-12/h2-9H,10-11H2,1H3. The van der Waals surface area contributed by atoms with E-state index in [1.54, 1.807) is 18.2 Å². The molecule has 0 fully saturated rings. The molecule has 104 valence electrons. The van der Waals surface area contributed by atoms with Crippen molar-refractivity contribution in [2.45, 2.75) is 13.3 Å². The van der Waals surface area contributed by atoms with Gasteiger partial charge in [-0.05, 0) is 11.6 Å². The van der Waals surface area contributed by atoms with Crippen LogP contribution in [-0.4, -0.2) is 13.1 Å². The summed E-state index contributed by atoms with van der Waals surface area (Å²) in [6.07, 6.45) is 0. The molecule has 3 nitrogen and oxygen atoms in total. The molecule has 0 saturated heterocycles. The number of halogens is 1. The SMILES string of the molecule is COC(=O)c1cccc(CF)c1OCc1ccccc1. The molecule has 4 heteroatoms. The summed E-state index contributed by atoms with van der Waals surface area (Å²) in [7, 11) is 1.28. The number of para-hydroxylation sites is 1. The van der Waals surface area contributed by atoms with E-state index in [-0.39, 0.29) is 17.9 Å². The fourth-order valence-electron chi connectivity index (χ4n) is 1.86. The second-order valence-corrected chi connectivity index (χ2v) is 4.19. The highest BCUT2D eigenvalue weighted by Gasteiger charge is 2.16. The van der Waals surface area contributed by atoms with E-state index in [4.69, 9.17) is 4.74 Å². The minimum atomic E-state index is -0.699. The van der Waals surface area contributed by atoms with Crippen molar-refractivity contribution >= 4 is 5.97 Å². The lowest BCUT2D eigenvalue weighted by atomic mass is 10.1. The zero-order chi connectivity index (χ0) is 14.4. The molecule has 0 spiro atoms. The van der Waals surface area contributed by atoms with Crippen LogP contribution in [0, 0.1) is 0 Å². The second-order valence-electron chi connectivity index (χ2n) is 4.19. The zero-order valence-electron chi connectivity index (χ0n) is 11.1. The van der Waals surface area contributed by atoms with Gasteiger partial charge in [0.05, 0.1) is 7.11 Å². The Hall–Kier alpha value is -2.36. The Morgan fingerprint density at radius 2 is 1.85 bits per heavy atom. The normalized spacial score (nSPS) is 10.1. The molecule has 0 atom stereocenters. The lowest BCUT2D eigenvalue weighted by Gasteiger charge is -2.13. The van der Waals surface area contributed by atoms with Gasteiger partial charge < -0.3 is 9.47 Å². The van der Waals surface area contributed by atoms with Crippen LogP contribution in [0.1, 0.15) is 21.5 Å². The number of alkyl halides is 1. The molecular formula is C16H15FO3. The second kappa shape index (κ2) is 6.70. The molecule has 0 aromatic heterocycles. The maximum atomic E-state index is 13.0. The first-order chi connectivity index (χ1) is 9.76. The smallest absolute Gasteiger partial charge is 0.341 e. The van der Waals surface area contributed by atoms with E-state index in [9.17, 15) is 9.18 Å². The molecule has 0 aliphatic rings. The molecule has 2 aromatic rings. The summed E-state index contributed by atoms with van der Waals surface area (Å²) in [6, 6.07) is 14.2. The average Bonchev–Trinajstić information content (AvgIpc) is 2.52. The molecule has 2 rings (SSSR count). The number of hydrogen-bond acceptors (Lipinski definition) is 3. The summed E-state index contributed by atoms with van der Waals surface area (Å²) in [6.45, 7) is -0.434. The van der Waals surface area contributed by atoms with Crippen LogP contribution in [-0.2, 0) is 18.0 Å². The van der Waals surface area contributed by atoms with Crippen LogP contribution in [0.5, 0.6) is 5.75 Å². The predicted molar refractivity (Wildman–Crippen MR) is 73.4 cm³/mol. The zero-order valence-corrected chi connectivity index (χ0v) is 11.1. The van der Waals surface area contributed by atoms with E-state index < -0.39 is 12.6 Å². The minimum Gasteiger partial charge on any atom is -0.488 e. The number of ether oxygens (including phenoxy) is 2. The summed E-state index contributed by atoms with van der Waals surface area (Å²) < 4.78 is 23.3. The quantitative estimate of drug-likeness (QED) is 0.782. The Bertz CT molecular complexity index is 582. The summed E-state index contributed by atoms with van der Waals surface area (Å²) >= 11 is 0. The summed E-state index contributed by atoms with van der Waals surface area (Å²) in [5, 5.41) is 0. The number of benzene rings is 2. The summed E-state index contributed by atoms with van der Waals surface area (Å²) in [4.78, 5) is 11.7. The summed E-state index contributed by atoms with van der Waals surface area (Å²) in [5.74, 6) is -0.297. The van der Waals surface area contributed by atoms with Crippen LogP contribution in [0.3, 0.4) is 0 Å². The van der Waals surface area contributed by atoms with Gasteiger partial charge in [-0.25, -0.2) is 9.18 Å². The highest BCUT2D eigenvalue weighted by molar-refractivity contribution is 5.92. The molecule has 0 unspecified atom stereocenters. The van der Waals surface area contributed by atoms with Gasteiger partial charge in [-0.2, -0.15) is 0 Å². The predicted octanol–water partition coefficient (Wildman–Crippen LogP) is 3.52. The Labute approximate surface area is 117 Å². The Morgan fingerprint density at radius 3 is 2.50 bits per heavy atom. The number of carbonyl (C=O) groups is 1. The molecule has 0 saturated carbocycles. The van der Waals surface area contributed by atoms with Gasteiger partial charge >= 0.3 is 5.97 Å². The lowest BCUT2D eigenvalue weighted by Crippen LogP contribution is -2.07. The first-order valence-electron chi connectivity index (χ1n) is 6.19. The Morgan fingerprint density at radius 1 is 1.10 bits per heavy atom. The van der Waals surface area contributed by atoms with Crippen molar-refractivity contribution in [1.29, 1.82) is 0 Å². The molecule has 0 N–H and O–H groups in total. The van der Waals surface area contributed by atoms with Crippen LogP contribution >= 0.6 is 0 Å². The molecule has 0 radical (unpaired) electrons. The molecule has 0 aliphatic heterocycles. The fourth-order valence-corrected chi connectivity index (χ4v) is 1.86. The van der Waals surface area contributed by atoms with E-state index in [0.717, 1.165) is 5.56 Å². The van der Waals surface area contributed by atoms with E-state index >= 15 is 0 Å². The maximum absolute atomic E-state index is 13.0. The van der Waals surface area contributed by atoms with Crippen LogP contribution in [0.15, 0.2) is 48.5 Å². The van der Waals surface area contributed by atoms with Crippen molar-refractivity contribution in [3.05, 3.63) is 65.2 Å². The van der Waals surface area contributed by atoms with E-state index in [0.29, 0.717) is 5.56 Å². The molecule has 20 heavy (non-hydrogen) atoms. The van der Waals surface area contributed by atoms with Crippen molar-refractivity contribution < 1.29 is 18.7 Å². The highest BCUT2D eigenvalue weighted by Crippen LogP contribution is 2.26. The van der Waals surface area contributed by atoms with Gasteiger partial charge in [-0.15, -0.1) is 0 Å². The average molecular weight is 274 g/mol. The molecule has 0 amide bonds.